The van der Waals surface area contributed by atoms with Crippen molar-refractivity contribution >= 4 is 9.84 Å². The fraction of sp³-hybridized carbons (Fsp3) is 0.176. The Kier molecular flexibility index (Phi) is 4.35. The van der Waals surface area contributed by atoms with Crippen LogP contribution in [0.3, 0.4) is 0 Å². The number of halogens is 3. The van der Waals surface area contributed by atoms with Crippen LogP contribution >= 0.6 is 0 Å². The van der Waals surface area contributed by atoms with E-state index >= 15 is 0 Å². The monoisotopic (exact) mass is 381 g/mol. The lowest BCUT2D eigenvalue weighted by atomic mass is 9.99. The van der Waals surface area contributed by atoms with Crippen molar-refractivity contribution in [3.05, 3.63) is 54.5 Å². The zero-order chi connectivity index (χ0) is 19.1. The predicted molar refractivity (Wildman–Crippen MR) is 90.0 cm³/mol. The molecule has 136 valence electrons. The van der Waals surface area contributed by atoms with Crippen molar-refractivity contribution in [3.8, 4) is 22.4 Å². The molecule has 0 aliphatic carbocycles. The predicted octanol–water partition coefficient (Wildman–Crippen LogP) is 3.57. The number of aryl methyl sites for hydroxylation is 1. The van der Waals surface area contributed by atoms with Crippen molar-refractivity contribution in [1.29, 1.82) is 0 Å². The highest BCUT2D eigenvalue weighted by Crippen LogP contribution is 2.42. The molecular weight excluding hydrogens is 367 g/mol. The Balaban J connectivity index is 2.28. The standard InChI is InChI=1S/C17H14F3N3O2S/c1-23-16(17(18,19)20)14(15(22-23)12-7-9-21-10-8-12)11-3-5-13(6-4-11)26(2,24)25/h3-10H,1-2H3. The molecule has 26 heavy (non-hydrogen) atoms. The molecule has 0 aliphatic rings. The third-order valence-corrected chi connectivity index (χ3v) is 4.97. The summed E-state index contributed by atoms with van der Waals surface area (Å²) in [6, 6.07) is 8.41. The number of hydrogen-bond donors (Lipinski definition) is 0. The maximum atomic E-state index is 13.6. The normalized spacial score (nSPS) is 12.3. The first-order valence-corrected chi connectivity index (χ1v) is 9.33. The Hall–Kier alpha value is -2.68. The summed E-state index contributed by atoms with van der Waals surface area (Å²) < 4.78 is 64.8. The van der Waals surface area contributed by atoms with Crippen molar-refractivity contribution in [2.75, 3.05) is 6.26 Å². The van der Waals surface area contributed by atoms with Gasteiger partial charge in [0, 0.05) is 36.8 Å². The summed E-state index contributed by atoms with van der Waals surface area (Å²) >= 11 is 0. The van der Waals surface area contributed by atoms with Crippen molar-refractivity contribution < 1.29 is 21.6 Å². The number of rotatable bonds is 3. The van der Waals surface area contributed by atoms with Gasteiger partial charge in [0.2, 0.25) is 0 Å². The van der Waals surface area contributed by atoms with Gasteiger partial charge >= 0.3 is 6.18 Å². The van der Waals surface area contributed by atoms with Crippen molar-refractivity contribution in [2.24, 2.45) is 7.05 Å². The Bertz CT molecular complexity index is 1040. The molecule has 3 rings (SSSR count). The minimum atomic E-state index is -4.63. The van der Waals surface area contributed by atoms with Gasteiger partial charge in [-0.25, -0.2) is 8.42 Å². The lowest BCUT2D eigenvalue weighted by Crippen LogP contribution is -2.13. The van der Waals surface area contributed by atoms with E-state index in [4.69, 9.17) is 0 Å². The summed E-state index contributed by atoms with van der Waals surface area (Å²) in [5, 5.41) is 4.05. The van der Waals surface area contributed by atoms with Gasteiger partial charge in [0.25, 0.3) is 0 Å². The summed E-state index contributed by atoms with van der Waals surface area (Å²) in [6.45, 7) is 0. The first kappa shape index (κ1) is 18.1. The third-order valence-electron chi connectivity index (χ3n) is 3.84. The van der Waals surface area contributed by atoms with Gasteiger partial charge in [0.1, 0.15) is 5.69 Å². The molecule has 3 aromatic rings. The number of hydrogen-bond acceptors (Lipinski definition) is 4. The van der Waals surface area contributed by atoms with E-state index in [0.717, 1.165) is 10.9 Å². The van der Waals surface area contributed by atoms with Crippen molar-refractivity contribution in [3.63, 3.8) is 0 Å². The Morgan fingerprint density at radius 2 is 1.54 bits per heavy atom. The molecule has 0 unspecified atom stereocenters. The zero-order valence-corrected chi connectivity index (χ0v) is 14.6. The largest absolute Gasteiger partial charge is 0.433 e. The molecule has 0 fully saturated rings. The molecule has 0 aliphatic heterocycles. The average molecular weight is 381 g/mol. The Morgan fingerprint density at radius 1 is 0.962 bits per heavy atom. The first-order valence-electron chi connectivity index (χ1n) is 7.44. The lowest BCUT2D eigenvalue weighted by Gasteiger charge is -2.11. The SMILES string of the molecule is Cn1nc(-c2ccncc2)c(-c2ccc(S(C)(=O)=O)cc2)c1C(F)(F)F. The summed E-state index contributed by atoms with van der Waals surface area (Å²) in [7, 11) is -2.22. The van der Waals surface area contributed by atoms with Gasteiger partial charge in [-0.2, -0.15) is 18.3 Å². The number of sulfone groups is 1. The van der Waals surface area contributed by atoms with E-state index in [1.807, 2.05) is 0 Å². The van der Waals surface area contributed by atoms with Gasteiger partial charge < -0.3 is 0 Å². The van der Waals surface area contributed by atoms with E-state index in [1.165, 1.54) is 43.7 Å². The molecule has 0 bridgehead atoms. The smallest absolute Gasteiger partial charge is 0.265 e. The molecule has 0 N–H and O–H groups in total. The number of nitrogens with zero attached hydrogens (tertiary/aromatic N) is 3. The molecule has 0 spiro atoms. The van der Waals surface area contributed by atoms with Crippen LogP contribution < -0.4 is 0 Å². The maximum Gasteiger partial charge on any atom is 0.433 e. The molecule has 2 heterocycles. The Labute approximate surface area is 148 Å². The van der Waals surface area contributed by atoms with E-state index < -0.39 is 21.7 Å². The van der Waals surface area contributed by atoms with Crippen LogP contribution in [-0.2, 0) is 23.1 Å². The van der Waals surface area contributed by atoms with Crippen LogP contribution in [0, 0.1) is 0 Å². The number of aromatic nitrogens is 3. The number of pyridine rings is 1. The highest BCUT2D eigenvalue weighted by Gasteiger charge is 2.39. The quantitative estimate of drug-likeness (QED) is 0.696. The van der Waals surface area contributed by atoms with E-state index in [9.17, 15) is 21.6 Å². The fourth-order valence-electron chi connectivity index (χ4n) is 2.70. The summed E-state index contributed by atoms with van der Waals surface area (Å²) in [5.74, 6) is 0. The van der Waals surface area contributed by atoms with Gasteiger partial charge in [-0.15, -0.1) is 0 Å². The second-order valence-corrected chi connectivity index (χ2v) is 7.74. The maximum absolute atomic E-state index is 13.6. The Morgan fingerprint density at radius 3 is 2.04 bits per heavy atom. The summed E-state index contributed by atoms with van der Waals surface area (Å²) in [5.41, 5.74) is -0.157. The van der Waals surface area contributed by atoms with Crippen LogP contribution in [0.5, 0.6) is 0 Å². The molecule has 5 nitrogen and oxygen atoms in total. The van der Waals surface area contributed by atoms with Gasteiger partial charge in [-0.3, -0.25) is 9.67 Å². The first-order chi connectivity index (χ1) is 12.1. The van der Waals surface area contributed by atoms with Gasteiger partial charge in [-0.1, -0.05) is 12.1 Å². The van der Waals surface area contributed by atoms with E-state index in [-0.39, 0.29) is 21.7 Å². The molecular formula is C17H14F3N3O2S. The number of alkyl halides is 3. The van der Waals surface area contributed by atoms with E-state index in [2.05, 4.69) is 10.1 Å². The van der Waals surface area contributed by atoms with E-state index in [1.54, 1.807) is 12.1 Å². The summed E-state index contributed by atoms with van der Waals surface area (Å²) in [6.07, 6.45) is -0.658. The highest BCUT2D eigenvalue weighted by molar-refractivity contribution is 7.90. The molecule has 0 atom stereocenters. The van der Waals surface area contributed by atoms with E-state index in [0.29, 0.717) is 5.56 Å². The van der Waals surface area contributed by atoms with Crippen LogP contribution in [0.15, 0.2) is 53.7 Å². The van der Waals surface area contributed by atoms with Crippen LogP contribution in [-0.4, -0.2) is 29.4 Å². The average Bonchev–Trinajstić information content (AvgIpc) is 2.92. The molecule has 0 amide bonds. The molecule has 0 radical (unpaired) electrons. The minimum absolute atomic E-state index is 0.0316. The zero-order valence-electron chi connectivity index (χ0n) is 13.8. The molecule has 1 aromatic carbocycles. The molecule has 0 saturated carbocycles. The lowest BCUT2D eigenvalue weighted by molar-refractivity contribution is -0.143. The highest BCUT2D eigenvalue weighted by atomic mass is 32.2. The molecule has 9 heteroatoms. The van der Waals surface area contributed by atoms with Crippen LogP contribution in [0.1, 0.15) is 5.69 Å². The third kappa shape index (κ3) is 3.34. The summed E-state index contributed by atoms with van der Waals surface area (Å²) in [4.78, 5) is 3.90. The van der Waals surface area contributed by atoms with Gasteiger partial charge in [0.05, 0.1) is 4.90 Å². The van der Waals surface area contributed by atoms with Gasteiger partial charge in [-0.05, 0) is 29.8 Å². The van der Waals surface area contributed by atoms with Crippen LogP contribution in [0.4, 0.5) is 13.2 Å². The van der Waals surface area contributed by atoms with Crippen molar-refractivity contribution in [2.45, 2.75) is 11.1 Å². The minimum Gasteiger partial charge on any atom is -0.265 e. The van der Waals surface area contributed by atoms with Crippen LogP contribution in [0.25, 0.3) is 22.4 Å². The molecule has 2 aromatic heterocycles. The molecule has 0 saturated heterocycles. The van der Waals surface area contributed by atoms with Crippen molar-refractivity contribution in [1.82, 2.24) is 14.8 Å². The topological polar surface area (TPSA) is 64.8 Å². The second kappa shape index (κ2) is 6.24. The second-order valence-electron chi connectivity index (χ2n) is 5.73. The number of benzene rings is 1. The van der Waals surface area contributed by atoms with Crippen LogP contribution in [0.2, 0.25) is 0 Å². The fourth-order valence-corrected chi connectivity index (χ4v) is 3.33. The van der Waals surface area contributed by atoms with Gasteiger partial charge in [0.15, 0.2) is 15.5 Å².